The van der Waals surface area contributed by atoms with Gasteiger partial charge in [0.25, 0.3) is 0 Å². The minimum absolute atomic E-state index is 0.00223. The van der Waals surface area contributed by atoms with Crippen LogP contribution in [0.5, 0.6) is 0 Å². The largest absolute Gasteiger partial charge is 0.468 e. The number of pyridine rings is 1. The van der Waals surface area contributed by atoms with E-state index in [0.717, 1.165) is 11.3 Å². The molecule has 27 heavy (non-hydrogen) atoms. The van der Waals surface area contributed by atoms with Gasteiger partial charge in [-0.3, -0.25) is 19.5 Å². The number of furan rings is 1. The van der Waals surface area contributed by atoms with E-state index in [1.807, 2.05) is 31.2 Å². The first-order valence-electron chi connectivity index (χ1n) is 9.38. The van der Waals surface area contributed by atoms with Gasteiger partial charge in [0.15, 0.2) is 0 Å². The molecular weight excluding hydrogens is 344 g/mol. The van der Waals surface area contributed by atoms with Gasteiger partial charge in [-0.25, -0.2) is 0 Å². The molecule has 0 saturated carbocycles. The summed E-state index contributed by atoms with van der Waals surface area (Å²) in [4.78, 5) is 30.8. The van der Waals surface area contributed by atoms with Crippen molar-refractivity contribution in [3.8, 4) is 0 Å². The van der Waals surface area contributed by atoms with E-state index < -0.39 is 0 Å². The zero-order valence-corrected chi connectivity index (χ0v) is 15.6. The third kappa shape index (κ3) is 5.40. The zero-order chi connectivity index (χ0) is 19.1. The summed E-state index contributed by atoms with van der Waals surface area (Å²) in [6.45, 7) is 3.68. The van der Waals surface area contributed by atoms with Gasteiger partial charge in [0.1, 0.15) is 5.76 Å². The summed E-state index contributed by atoms with van der Waals surface area (Å²) >= 11 is 0. The number of hydrogen-bond donors (Lipinski definition) is 2. The molecule has 0 unspecified atom stereocenters. The molecular formula is C20H26N4O3. The molecule has 0 spiro atoms. The Morgan fingerprint density at radius 2 is 2.11 bits per heavy atom. The lowest BCUT2D eigenvalue weighted by Gasteiger charge is -2.22. The molecule has 2 atom stereocenters. The molecule has 2 amide bonds. The van der Waals surface area contributed by atoms with Crippen LogP contribution >= 0.6 is 0 Å². The van der Waals surface area contributed by atoms with Gasteiger partial charge in [-0.15, -0.1) is 0 Å². The van der Waals surface area contributed by atoms with Crippen molar-refractivity contribution in [1.29, 1.82) is 0 Å². The third-order valence-electron chi connectivity index (χ3n) is 4.75. The van der Waals surface area contributed by atoms with Crippen LogP contribution in [0, 0.1) is 0 Å². The van der Waals surface area contributed by atoms with Crippen molar-refractivity contribution in [2.45, 2.75) is 44.8 Å². The highest BCUT2D eigenvalue weighted by Crippen LogP contribution is 2.21. The third-order valence-corrected chi connectivity index (χ3v) is 4.75. The van der Waals surface area contributed by atoms with E-state index in [2.05, 4.69) is 20.5 Å². The molecule has 2 aromatic heterocycles. The van der Waals surface area contributed by atoms with Crippen molar-refractivity contribution in [2.75, 3.05) is 13.1 Å². The van der Waals surface area contributed by atoms with Gasteiger partial charge >= 0.3 is 0 Å². The lowest BCUT2D eigenvalue weighted by molar-refractivity contribution is -0.125. The van der Waals surface area contributed by atoms with Crippen LogP contribution < -0.4 is 10.6 Å². The van der Waals surface area contributed by atoms with Crippen molar-refractivity contribution in [3.63, 3.8) is 0 Å². The Kier molecular flexibility index (Phi) is 6.59. The van der Waals surface area contributed by atoms with Crippen LogP contribution in [-0.4, -0.2) is 46.9 Å². The molecule has 144 valence electrons. The van der Waals surface area contributed by atoms with Crippen LogP contribution in [0.1, 0.15) is 31.1 Å². The summed E-state index contributed by atoms with van der Waals surface area (Å²) < 4.78 is 5.42. The standard InChI is InChI=1S/C20H26N4O3/c1-2-22-20(26)18-12-16(13-24(18)14-17-4-3-11-27-17)23-19(25)6-5-15-7-9-21-10-8-15/h3-4,7-11,16,18H,2,5-6,12-14H2,1H3,(H,22,26)(H,23,25)/t16-,18-/m0/s1. The molecule has 1 fully saturated rings. The van der Waals surface area contributed by atoms with Crippen molar-refractivity contribution < 1.29 is 14.0 Å². The summed E-state index contributed by atoms with van der Waals surface area (Å²) in [6, 6.07) is 7.26. The molecule has 2 aromatic rings. The van der Waals surface area contributed by atoms with Crippen LogP contribution in [-0.2, 0) is 22.6 Å². The number of rotatable bonds is 8. The Bertz CT molecular complexity index is 733. The first-order chi connectivity index (χ1) is 13.2. The molecule has 0 bridgehead atoms. The van der Waals surface area contributed by atoms with E-state index in [9.17, 15) is 9.59 Å². The average molecular weight is 370 g/mol. The number of likely N-dealkylation sites (N-methyl/N-ethyl adjacent to an activating group) is 1. The van der Waals surface area contributed by atoms with Gasteiger partial charge in [0.05, 0.1) is 18.8 Å². The second kappa shape index (κ2) is 9.32. The monoisotopic (exact) mass is 370 g/mol. The van der Waals surface area contributed by atoms with Gasteiger partial charge in [-0.1, -0.05) is 0 Å². The fourth-order valence-corrected chi connectivity index (χ4v) is 3.46. The number of likely N-dealkylation sites (tertiary alicyclic amines) is 1. The SMILES string of the molecule is CCNC(=O)[C@@H]1C[C@H](NC(=O)CCc2ccncc2)CN1Cc1ccco1. The Hall–Kier alpha value is -2.67. The zero-order valence-electron chi connectivity index (χ0n) is 15.6. The van der Waals surface area contributed by atoms with E-state index in [-0.39, 0.29) is 23.9 Å². The molecule has 3 heterocycles. The predicted octanol–water partition coefficient (Wildman–Crippen LogP) is 1.50. The second-order valence-electron chi connectivity index (χ2n) is 6.77. The maximum Gasteiger partial charge on any atom is 0.237 e. The molecule has 2 N–H and O–H groups in total. The number of aryl methyl sites for hydroxylation is 1. The van der Waals surface area contributed by atoms with Gasteiger partial charge in [-0.2, -0.15) is 0 Å². The Morgan fingerprint density at radius 1 is 1.30 bits per heavy atom. The van der Waals surface area contributed by atoms with Crippen LogP contribution in [0.3, 0.4) is 0 Å². The number of amides is 2. The summed E-state index contributed by atoms with van der Waals surface area (Å²) in [6.07, 6.45) is 6.79. The van der Waals surface area contributed by atoms with Crippen LogP contribution in [0.25, 0.3) is 0 Å². The van der Waals surface area contributed by atoms with E-state index in [0.29, 0.717) is 38.9 Å². The van der Waals surface area contributed by atoms with Gasteiger partial charge in [0, 0.05) is 37.9 Å². The highest BCUT2D eigenvalue weighted by Gasteiger charge is 2.37. The molecule has 0 radical (unpaired) electrons. The number of nitrogens with one attached hydrogen (secondary N) is 2. The molecule has 1 aliphatic rings. The quantitative estimate of drug-likeness (QED) is 0.735. The molecule has 3 rings (SSSR count). The topological polar surface area (TPSA) is 87.5 Å². The summed E-state index contributed by atoms with van der Waals surface area (Å²) in [7, 11) is 0. The minimum Gasteiger partial charge on any atom is -0.468 e. The van der Waals surface area contributed by atoms with Crippen LogP contribution in [0.4, 0.5) is 0 Å². The normalized spacial score (nSPS) is 19.7. The number of carbonyl (C=O) groups is 2. The first kappa shape index (κ1) is 19.1. The fourth-order valence-electron chi connectivity index (χ4n) is 3.46. The molecule has 0 aromatic carbocycles. The lowest BCUT2D eigenvalue weighted by Crippen LogP contribution is -2.42. The fraction of sp³-hybridized carbons (Fsp3) is 0.450. The summed E-state index contributed by atoms with van der Waals surface area (Å²) in [5, 5.41) is 5.97. The maximum atomic E-state index is 12.4. The smallest absolute Gasteiger partial charge is 0.237 e. The molecule has 1 aliphatic heterocycles. The van der Waals surface area contributed by atoms with Gasteiger partial charge in [0.2, 0.25) is 11.8 Å². The van der Waals surface area contributed by atoms with Crippen molar-refractivity contribution >= 4 is 11.8 Å². The van der Waals surface area contributed by atoms with E-state index in [1.54, 1.807) is 18.7 Å². The highest BCUT2D eigenvalue weighted by atomic mass is 16.3. The average Bonchev–Trinajstić information content (AvgIpc) is 3.31. The van der Waals surface area contributed by atoms with E-state index in [4.69, 9.17) is 4.42 Å². The molecule has 7 heteroatoms. The second-order valence-corrected chi connectivity index (χ2v) is 6.77. The van der Waals surface area contributed by atoms with E-state index >= 15 is 0 Å². The Labute approximate surface area is 159 Å². The van der Waals surface area contributed by atoms with Crippen molar-refractivity contribution in [2.24, 2.45) is 0 Å². The lowest BCUT2D eigenvalue weighted by atomic mass is 10.1. The van der Waals surface area contributed by atoms with Crippen molar-refractivity contribution in [3.05, 3.63) is 54.2 Å². The van der Waals surface area contributed by atoms with Gasteiger partial charge in [-0.05, 0) is 49.6 Å². The van der Waals surface area contributed by atoms with Crippen LogP contribution in [0.2, 0.25) is 0 Å². The number of hydrogen-bond acceptors (Lipinski definition) is 5. The first-order valence-corrected chi connectivity index (χ1v) is 9.38. The van der Waals surface area contributed by atoms with Crippen LogP contribution in [0.15, 0.2) is 47.3 Å². The predicted molar refractivity (Wildman–Crippen MR) is 101 cm³/mol. The molecule has 1 saturated heterocycles. The number of carbonyl (C=O) groups excluding carboxylic acids is 2. The highest BCUT2D eigenvalue weighted by molar-refractivity contribution is 5.82. The number of nitrogens with zero attached hydrogens (tertiary/aromatic N) is 2. The molecule has 7 nitrogen and oxygen atoms in total. The minimum atomic E-state index is -0.263. The summed E-state index contributed by atoms with van der Waals surface area (Å²) in [5.41, 5.74) is 1.09. The summed E-state index contributed by atoms with van der Waals surface area (Å²) in [5.74, 6) is 0.817. The Balaban J connectivity index is 1.55. The molecule has 0 aliphatic carbocycles. The van der Waals surface area contributed by atoms with Gasteiger partial charge < -0.3 is 15.1 Å². The maximum absolute atomic E-state index is 12.4. The number of aromatic nitrogens is 1. The van der Waals surface area contributed by atoms with Crippen molar-refractivity contribution in [1.82, 2.24) is 20.5 Å². The van der Waals surface area contributed by atoms with E-state index in [1.165, 1.54) is 0 Å². The Morgan fingerprint density at radius 3 is 2.81 bits per heavy atom.